The molecule has 0 saturated carbocycles. The van der Waals surface area contributed by atoms with Crippen LogP contribution in [0.15, 0.2) is 85.8 Å². The van der Waals surface area contributed by atoms with Crippen molar-refractivity contribution in [1.82, 2.24) is 0 Å². The number of hydrogen-bond acceptors (Lipinski definition) is 4. The van der Waals surface area contributed by atoms with Crippen molar-refractivity contribution in [2.75, 3.05) is 6.61 Å². The Bertz CT molecular complexity index is 760. The lowest BCUT2D eigenvalue weighted by Gasteiger charge is -2.25. The summed E-state index contributed by atoms with van der Waals surface area (Å²) in [6.07, 6.45) is 24.7. The van der Waals surface area contributed by atoms with Crippen LogP contribution in [0.4, 0.5) is 0 Å². The van der Waals surface area contributed by atoms with Crippen LogP contribution in [0.2, 0.25) is 0 Å². The highest BCUT2D eigenvalue weighted by molar-refractivity contribution is 5.11. The Morgan fingerprint density at radius 2 is 1.89 bits per heavy atom. The number of aliphatic hydroxyl groups excluding tert-OH is 2. The minimum Gasteiger partial charge on any atom is -0.516 e. The fraction of sp³-hybridized carbons (Fsp3) is 0.562. The number of aliphatic hydroxyl groups is 2. The van der Waals surface area contributed by atoms with Gasteiger partial charge < -0.3 is 19.7 Å². The number of allylic oxidation sites excluding steroid dienone is 3. The number of rotatable bonds is 5. The topological polar surface area (TPSA) is 58.9 Å². The first kappa shape index (κ1) is 31.9. The van der Waals surface area contributed by atoms with Gasteiger partial charge in [-0.05, 0) is 64.2 Å². The summed E-state index contributed by atoms with van der Waals surface area (Å²) in [4.78, 5) is 0. The van der Waals surface area contributed by atoms with E-state index in [4.69, 9.17) is 14.6 Å². The van der Waals surface area contributed by atoms with Gasteiger partial charge in [0.2, 0.25) is 0 Å². The third-order valence-corrected chi connectivity index (χ3v) is 6.61. The predicted octanol–water partition coefficient (Wildman–Crippen LogP) is 7.95. The van der Waals surface area contributed by atoms with Gasteiger partial charge in [0.05, 0.1) is 37.3 Å². The maximum absolute atomic E-state index is 10.9. The smallest absolute Gasteiger partial charge is 0.0798 e. The molecule has 0 aliphatic carbocycles. The summed E-state index contributed by atoms with van der Waals surface area (Å²) >= 11 is 0. The van der Waals surface area contributed by atoms with E-state index in [9.17, 15) is 5.11 Å². The number of hydrogen-bond donors (Lipinski definition) is 2. The second-order valence-electron chi connectivity index (χ2n) is 9.99. The molecule has 2 N–H and O–H groups in total. The van der Waals surface area contributed by atoms with Crippen molar-refractivity contribution in [3.8, 4) is 0 Å². The lowest BCUT2D eigenvalue weighted by Crippen LogP contribution is -2.22. The molecule has 0 saturated heterocycles. The summed E-state index contributed by atoms with van der Waals surface area (Å²) in [5.74, 6) is 0.584. The van der Waals surface area contributed by atoms with E-state index in [-0.39, 0.29) is 24.2 Å². The molecule has 0 aromatic carbocycles. The van der Waals surface area contributed by atoms with Crippen LogP contribution >= 0.6 is 0 Å². The zero-order valence-corrected chi connectivity index (χ0v) is 22.9. The maximum atomic E-state index is 10.9. The van der Waals surface area contributed by atoms with E-state index in [1.807, 2.05) is 18.2 Å². The van der Waals surface area contributed by atoms with Crippen molar-refractivity contribution in [3.05, 3.63) is 85.8 Å². The Morgan fingerprint density at radius 3 is 2.56 bits per heavy atom. The molecule has 2 aliphatic heterocycles. The van der Waals surface area contributed by atoms with Crippen LogP contribution in [0.3, 0.4) is 0 Å². The molecule has 0 aromatic heterocycles. The third-order valence-electron chi connectivity index (χ3n) is 6.61. The van der Waals surface area contributed by atoms with E-state index in [0.29, 0.717) is 12.5 Å². The molecule has 0 bridgehead atoms. The molecule has 0 spiro atoms. The van der Waals surface area contributed by atoms with Crippen LogP contribution < -0.4 is 0 Å². The molecule has 36 heavy (non-hydrogen) atoms. The molecule has 5 unspecified atom stereocenters. The fourth-order valence-corrected chi connectivity index (χ4v) is 4.56. The zero-order valence-electron chi connectivity index (χ0n) is 22.9. The zero-order chi connectivity index (χ0) is 26.8. The average molecular weight is 499 g/mol. The first-order valence-corrected chi connectivity index (χ1v) is 13.5. The van der Waals surface area contributed by atoms with Crippen molar-refractivity contribution in [2.45, 2.75) is 96.6 Å². The Morgan fingerprint density at radius 1 is 1.14 bits per heavy atom. The van der Waals surface area contributed by atoms with E-state index in [1.54, 1.807) is 0 Å². The largest absolute Gasteiger partial charge is 0.516 e. The van der Waals surface area contributed by atoms with E-state index in [0.717, 1.165) is 57.6 Å². The molecular weight excluding hydrogens is 448 g/mol. The Labute approximate surface area is 220 Å². The SMILES string of the molecule is C=CO.C=C[C@H]1C/C=C/C(C(O)/C=C/C2CC(C)=CCO2)C/C=C/CCC(=C)CC(C)CC(CC)O1. The molecular formula is C32H50O4. The molecule has 0 aromatic rings. The first-order chi connectivity index (χ1) is 17.3. The highest BCUT2D eigenvalue weighted by Crippen LogP contribution is 2.24. The van der Waals surface area contributed by atoms with Gasteiger partial charge in [-0.2, -0.15) is 0 Å². The molecule has 4 nitrogen and oxygen atoms in total. The van der Waals surface area contributed by atoms with Crippen molar-refractivity contribution >= 4 is 0 Å². The lowest BCUT2D eigenvalue weighted by molar-refractivity contribution is 0.000269. The minimum absolute atomic E-state index is 0.0104. The van der Waals surface area contributed by atoms with Gasteiger partial charge in [-0.15, -0.1) is 6.58 Å². The van der Waals surface area contributed by atoms with Gasteiger partial charge in [0, 0.05) is 5.92 Å². The van der Waals surface area contributed by atoms with Crippen LogP contribution in [0.25, 0.3) is 0 Å². The van der Waals surface area contributed by atoms with Crippen molar-refractivity contribution in [2.24, 2.45) is 11.8 Å². The summed E-state index contributed by atoms with van der Waals surface area (Å²) in [5, 5.41) is 18.3. The van der Waals surface area contributed by atoms with Gasteiger partial charge in [0.15, 0.2) is 0 Å². The van der Waals surface area contributed by atoms with Crippen LogP contribution in [0.5, 0.6) is 0 Å². The van der Waals surface area contributed by atoms with Gasteiger partial charge in [0.1, 0.15) is 0 Å². The fourth-order valence-electron chi connectivity index (χ4n) is 4.56. The van der Waals surface area contributed by atoms with E-state index in [1.165, 1.54) is 11.1 Å². The molecule has 2 rings (SSSR count). The molecule has 202 valence electrons. The summed E-state index contributed by atoms with van der Waals surface area (Å²) in [7, 11) is 0. The quantitative estimate of drug-likeness (QED) is 0.298. The third kappa shape index (κ3) is 13.8. The molecule has 2 aliphatic rings. The predicted molar refractivity (Wildman–Crippen MR) is 153 cm³/mol. The normalized spacial score (nSPS) is 31.4. The first-order valence-electron chi connectivity index (χ1n) is 13.5. The molecule has 0 fully saturated rings. The van der Waals surface area contributed by atoms with E-state index >= 15 is 0 Å². The van der Waals surface area contributed by atoms with Crippen LogP contribution in [0, 0.1) is 11.8 Å². The van der Waals surface area contributed by atoms with Crippen LogP contribution in [0.1, 0.15) is 72.1 Å². The van der Waals surface area contributed by atoms with Crippen LogP contribution in [-0.2, 0) is 9.47 Å². The second kappa shape index (κ2) is 19.0. The van der Waals surface area contributed by atoms with Crippen LogP contribution in [-0.4, -0.2) is 41.2 Å². The van der Waals surface area contributed by atoms with E-state index in [2.05, 4.69) is 70.9 Å². The van der Waals surface area contributed by atoms with E-state index < -0.39 is 6.10 Å². The van der Waals surface area contributed by atoms with Gasteiger partial charge in [0.25, 0.3) is 0 Å². The number of ether oxygens (including phenoxy) is 2. The molecule has 0 radical (unpaired) electrons. The maximum Gasteiger partial charge on any atom is 0.0798 e. The highest BCUT2D eigenvalue weighted by atomic mass is 16.5. The summed E-state index contributed by atoms with van der Waals surface area (Å²) in [6, 6.07) is 0. The highest BCUT2D eigenvalue weighted by Gasteiger charge is 2.18. The van der Waals surface area contributed by atoms with Gasteiger partial charge >= 0.3 is 0 Å². The second-order valence-corrected chi connectivity index (χ2v) is 9.99. The molecule has 6 atom stereocenters. The summed E-state index contributed by atoms with van der Waals surface area (Å²) in [6.45, 7) is 18.5. The standard InChI is InChI=1S/C30H46O3.C2H4O/c1-6-27-15-11-14-26(30(31)17-16-29-21-24(4)18-19-32-29)13-10-8-9-12-23(3)20-25(5)22-28(7-2)33-27;1-2-3/h6,8,10-11,14,16-18,25-31H,1,3,7,9,12-13,15,19-22H2,2,4-5H3;2-3H,1H2/b10-8+,14-11+,17-16+;/t25?,26?,27-,28?,29?,30?;/m0./s1. The summed E-state index contributed by atoms with van der Waals surface area (Å²) in [5.41, 5.74) is 2.65. The van der Waals surface area contributed by atoms with Crippen molar-refractivity contribution in [1.29, 1.82) is 0 Å². The Balaban J connectivity index is 0.00000205. The molecule has 0 amide bonds. The average Bonchev–Trinajstić information content (AvgIpc) is 2.84. The van der Waals surface area contributed by atoms with Gasteiger partial charge in [-0.1, -0.05) is 86.8 Å². The molecule has 4 heteroatoms. The molecule has 2 heterocycles. The van der Waals surface area contributed by atoms with Crippen molar-refractivity contribution in [3.63, 3.8) is 0 Å². The van der Waals surface area contributed by atoms with Gasteiger partial charge in [-0.25, -0.2) is 0 Å². The monoisotopic (exact) mass is 498 g/mol. The Hall–Kier alpha value is -2.14. The lowest BCUT2D eigenvalue weighted by atomic mass is 9.92. The summed E-state index contributed by atoms with van der Waals surface area (Å²) < 4.78 is 12.1. The minimum atomic E-state index is -0.554. The van der Waals surface area contributed by atoms with Gasteiger partial charge in [-0.3, -0.25) is 0 Å². The van der Waals surface area contributed by atoms with Crippen molar-refractivity contribution < 1.29 is 19.7 Å². The Kier molecular flexibility index (Phi) is 16.9.